The van der Waals surface area contributed by atoms with Crippen molar-refractivity contribution in [2.24, 2.45) is 5.73 Å². The van der Waals surface area contributed by atoms with E-state index in [1.807, 2.05) is 6.07 Å². The van der Waals surface area contributed by atoms with Gasteiger partial charge in [0.25, 0.3) is 0 Å². The number of carbonyl (C=O) groups excluding carboxylic acids is 1. The number of carbonyl (C=O) groups is 1. The van der Waals surface area contributed by atoms with Crippen LogP contribution in [0.15, 0.2) is 24.5 Å². The molecule has 1 amide bonds. The summed E-state index contributed by atoms with van der Waals surface area (Å²) in [6, 6.07) is 3.57. The lowest BCUT2D eigenvalue weighted by Crippen LogP contribution is -2.31. The zero-order valence-electron chi connectivity index (χ0n) is 8.51. The van der Waals surface area contributed by atoms with Gasteiger partial charge in [-0.25, -0.2) is 0 Å². The molecule has 0 bridgehead atoms. The molecule has 1 aromatic heterocycles. The summed E-state index contributed by atoms with van der Waals surface area (Å²) in [6.45, 7) is 0.0494. The van der Waals surface area contributed by atoms with Gasteiger partial charge < -0.3 is 15.7 Å². The third-order valence-corrected chi connectivity index (χ3v) is 1.90. The van der Waals surface area contributed by atoms with E-state index in [2.05, 4.69) is 10.3 Å². The molecular weight excluding hydrogens is 193 g/mol. The Kier molecular flexibility index (Phi) is 4.79. The Morgan fingerprint density at radius 1 is 1.80 bits per heavy atom. The summed E-state index contributed by atoms with van der Waals surface area (Å²) < 4.78 is 4.94. The highest BCUT2D eigenvalue weighted by Crippen LogP contribution is 2.13. The summed E-state index contributed by atoms with van der Waals surface area (Å²) in [5.41, 5.74) is 5.96. The first-order valence-electron chi connectivity index (χ1n) is 4.56. The van der Waals surface area contributed by atoms with Crippen molar-refractivity contribution in [2.45, 2.75) is 5.82 Å². The fraction of sp³-hybridized carbons (Fsp3) is 0.333. The van der Waals surface area contributed by atoms with Crippen molar-refractivity contribution in [3.8, 4) is 0 Å². The molecule has 15 heavy (non-hydrogen) atoms. The number of nitrogens with two attached hydrogens (primary N) is 1. The summed E-state index contributed by atoms with van der Waals surface area (Å²) >= 11 is 0. The van der Waals surface area contributed by atoms with E-state index in [0.717, 1.165) is 5.56 Å². The zero-order valence-corrected chi connectivity index (χ0v) is 8.51. The van der Waals surface area contributed by atoms with Crippen LogP contribution in [0.5, 0.6) is 0 Å². The molecule has 1 atom stereocenters. The zero-order chi connectivity index (χ0) is 11.1. The van der Waals surface area contributed by atoms with E-state index in [1.165, 1.54) is 7.48 Å². The van der Waals surface area contributed by atoms with Crippen LogP contribution in [0, 0.1) is 0 Å². The van der Waals surface area contributed by atoms with Gasteiger partial charge in [-0.1, -0.05) is 6.07 Å². The van der Waals surface area contributed by atoms with Gasteiger partial charge in [0.05, 0.1) is 12.5 Å². The normalized spacial score (nSPS) is 11.9. The standard InChI is InChI=1S/C9H13BN3O2/c1-12-9(14)8(10-15-6-11)7-3-2-4-13-5-7/h2-5,8H,6,11H2,1H3,(H,12,14). The third-order valence-electron chi connectivity index (χ3n) is 1.90. The minimum Gasteiger partial charge on any atom is -0.427 e. The maximum atomic E-state index is 11.5. The van der Waals surface area contributed by atoms with E-state index < -0.39 is 5.82 Å². The predicted octanol–water partition coefficient (Wildman–Crippen LogP) is -0.579. The highest BCUT2D eigenvalue weighted by molar-refractivity contribution is 6.37. The summed E-state index contributed by atoms with van der Waals surface area (Å²) in [5, 5.41) is 2.55. The van der Waals surface area contributed by atoms with Crippen LogP contribution in [0.4, 0.5) is 0 Å². The second-order valence-corrected chi connectivity index (χ2v) is 2.85. The minimum atomic E-state index is -0.479. The lowest BCUT2D eigenvalue weighted by Gasteiger charge is -2.13. The number of hydrogen-bond acceptors (Lipinski definition) is 4. The van der Waals surface area contributed by atoms with Gasteiger partial charge in [0.1, 0.15) is 0 Å². The van der Waals surface area contributed by atoms with Gasteiger partial charge >= 0.3 is 7.48 Å². The van der Waals surface area contributed by atoms with E-state index in [9.17, 15) is 4.79 Å². The largest absolute Gasteiger partial charge is 0.427 e. The van der Waals surface area contributed by atoms with Crippen LogP contribution < -0.4 is 11.1 Å². The van der Waals surface area contributed by atoms with E-state index in [0.29, 0.717) is 0 Å². The quantitative estimate of drug-likeness (QED) is 0.499. The number of rotatable bonds is 5. The van der Waals surface area contributed by atoms with Crippen molar-refractivity contribution in [1.29, 1.82) is 0 Å². The van der Waals surface area contributed by atoms with Crippen molar-refractivity contribution >= 4 is 13.4 Å². The van der Waals surface area contributed by atoms with E-state index in [-0.39, 0.29) is 12.6 Å². The average molecular weight is 206 g/mol. The Hall–Kier alpha value is -1.40. The van der Waals surface area contributed by atoms with Crippen LogP contribution >= 0.6 is 0 Å². The molecule has 0 aliphatic carbocycles. The van der Waals surface area contributed by atoms with Crippen LogP contribution in [0.3, 0.4) is 0 Å². The Morgan fingerprint density at radius 2 is 2.60 bits per heavy atom. The monoisotopic (exact) mass is 206 g/mol. The molecule has 1 rings (SSSR count). The Morgan fingerprint density at radius 3 is 3.13 bits per heavy atom. The molecule has 0 fully saturated rings. The van der Waals surface area contributed by atoms with Crippen LogP contribution in [-0.2, 0) is 9.45 Å². The SMILES string of the molecule is CNC(=O)C([B]OCN)c1cccnc1. The Labute approximate surface area is 89.3 Å². The number of aromatic nitrogens is 1. The first-order chi connectivity index (χ1) is 7.29. The van der Waals surface area contributed by atoms with Crippen LogP contribution in [-0.4, -0.2) is 32.2 Å². The molecule has 0 aromatic carbocycles. The van der Waals surface area contributed by atoms with Crippen LogP contribution in [0.25, 0.3) is 0 Å². The number of nitrogens with one attached hydrogen (secondary N) is 1. The number of amides is 1. The highest BCUT2D eigenvalue weighted by atomic mass is 16.4. The third kappa shape index (κ3) is 3.34. The van der Waals surface area contributed by atoms with Crippen molar-refractivity contribution in [2.75, 3.05) is 13.8 Å². The molecule has 6 heteroatoms. The van der Waals surface area contributed by atoms with Crippen molar-refractivity contribution < 1.29 is 9.45 Å². The molecule has 0 aliphatic rings. The molecule has 0 saturated carbocycles. The maximum Gasteiger partial charge on any atom is 0.312 e. The first kappa shape index (κ1) is 11.7. The molecule has 3 N–H and O–H groups in total. The van der Waals surface area contributed by atoms with Gasteiger partial charge in [-0.2, -0.15) is 0 Å². The van der Waals surface area contributed by atoms with Gasteiger partial charge in [0.15, 0.2) is 0 Å². The molecule has 1 aromatic rings. The molecule has 0 aliphatic heterocycles. The van der Waals surface area contributed by atoms with Crippen LogP contribution in [0.2, 0.25) is 0 Å². The van der Waals surface area contributed by atoms with Crippen molar-refractivity contribution in [1.82, 2.24) is 10.3 Å². The van der Waals surface area contributed by atoms with Gasteiger partial charge in [-0.05, 0) is 11.6 Å². The van der Waals surface area contributed by atoms with Gasteiger partial charge in [-0.15, -0.1) is 0 Å². The number of likely N-dealkylation sites (N-methyl/N-ethyl adjacent to an activating group) is 1. The molecule has 1 heterocycles. The van der Waals surface area contributed by atoms with Gasteiger partial charge in [0.2, 0.25) is 5.91 Å². The van der Waals surface area contributed by atoms with E-state index >= 15 is 0 Å². The van der Waals surface area contributed by atoms with Crippen LogP contribution in [0.1, 0.15) is 11.4 Å². The highest BCUT2D eigenvalue weighted by Gasteiger charge is 2.21. The summed E-state index contributed by atoms with van der Waals surface area (Å²) in [7, 11) is 2.98. The molecule has 0 saturated heterocycles. The number of pyridine rings is 1. The predicted molar refractivity (Wildman–Crippen MR) is 56.9 cm³/mol. The van der Waals surface area contributed by atoms with Crippen molar-refractivity contribution in [3.63, 3.8) is 0 Å². The van der Waals surface area contributed by atoms with Crippen molar-refractivity contribution in [3.05, 3.63) is 30.1 Å². The topological polar surface area (TPSA) is 77.2 Å². The summed E-state index contributed by atoms with van der Waals surface area (Å²) in [5.74, 6) is -0.635. The fourth-order valence-electron chi connectivity index (χ4n) is 1.16. The second kappa shape index (κ2) is 6.16. The number of hydrogen-bond donors (Lipinski definition) is 2. The molecule has 1 unspecified atom stereocenters. The Balaban J connectivity index is 2.76. The van der Waals surface area contributed by atoms with E-state index in [1.54, 1.807) is 25.5 Å². The summed E-state index contributed by atoms with van der Waals surface area (Å²) in [6.07, 6.45) is 3.27. The smallest absolute Gasteiger partial charge is 0.312 e. The lowest BCUT2D eigenvalue weighted by molar-refractivity contribution is -0.120. The fourth-order valence-corrected chi connectivity index (χ4v) is 1.16. The molecule has 0 spiro atoms. The lowest BCUT2D eigenvalue weighted by atomic mass is 9.75. The van der Waals surface area contributed by atoms with E-state index in [4.69, 9.17) is 10.4 Å². The molecular formula is C9H13BN3O2. The molecule has 79 valence electrons. The maximum absolute atomic E-state index is 11.5. The molecule has 5 nitrogen and oxygen atoms in total. The number of nitrogens with zero attached hydrogens (tertiary/aromatic N) is 1. The average Bonchev–Trinajstić information content (AvgIpc) is 2.30. The second-order valence-electron chi connectivity index (χ2n) is 2.85. The minimum absolute atomic E-state index is 0.0494. The van der Waals surface area contributed by atoms with Gasteiger partial charge in [-0.3, -0.25) is 9.78 Å². The summed E-state index contributed by atoms with van der Waals surface area (Å²) in [4.78, 5) is 15.5. The van der Waals surface area contributed by atoms with Gasteiger partial charge in [0, 0.05) is 19.4 Å². The first-order valence-corrected chi connectivity index (χ1v) is 4.56. The Bertz CT molecular complexity index is 307. The molecule has 1 radical (unpaired) electrons.